The van der Waals surface area contributed by atoms with Crippen molar-refractivity contribution in [3.05, 3.63) is 52.0 Å². The van der Waals surface area contributed by atoms with Crippen molar-refractivity contribution in [2.24, 2.45) is 5.92 Å². The highest BCUT2D eigenvalue weighted by molar-refractivity contribution is 7.12. The highest BCUT2D eigenvalue weighted by Gasteiger charge is 2.40. The monoisotopic (exact) mass is 369 g/mol. The Hall–Kier alpha value is -2.21. The van der Waals surface area contributed by atoms with Gasteiger partial charge >= 0.3 is 0 Å². The van der Waals surface area contributed by atoms with Gasteiger partial charge in [0.25, 0.3) is 11.8 Å². The van der Waals surface area contributed by atoms with E-state index in [1.54, 1.807) is 12.3 Å². The number of amides is 2. The van der Waals surface area contributed by atoms with Crippen LogP contribution in [0, 0.1) is 12.8 Å². The Labute approximate surface area is 157 Å². The number of likely N-dealkylation sites (tertiary alicyclic amines) is 2. The molecule has 6 heteroatoms. The van der Waals surface area contributed by atoms with Crippen LogP contribution in [0.4, 0.5) is 0 Å². The van der Waals surface area contributed by atoms with Crippen LogP contribution in [0.2, 0.25) is 0 Å². The number of carbonyl (C=O) groups is 2. The molecule has 0 N–H and O–H groups in total. The fraction of sp³-hybridized carbons (Fsp3) is 0.450. The quantitative estimate of drug-likeness (QED) is 0.817. The summed E-state index contributed by atoms with van der Waals surface area (Å²) in [4.78, 5) is 34.7. The van der Waals surface area contributed by atoms with Crippen molar-refractivity contribution in [3.63, 3.8) is 0 Å². The molecule has 0 unspecified atom stereocenters. The van der Waals surface area contributed by atoms with Crippen molar-refractivity contribution < 1.29 is 9.59 Å². The molecule has 2 aromatic rings. The SMILES string of the molecule is Cc1ccsc1C(=O)N1CCC[C@@H]2CN(C(=O)c3ccccn3)CC[C@@H]21. The van der Waals surface area contributed by atoms with Gasteiger partial charge in [-0.1, -0.05) is 6.07 Å². The zero-order chi connectivity index (χ0) is 18.1. The van der Waals surface area contributed by atoms with E-state index in [1.165, 1.54) is 11.3 Å². The van der Waals surface area contributed by atoms with Crippen molar-refractivity contribution >= 4 is 23.2 Å². The van der Waals surface area contributed by atoms with Gasteiger partial charge in [0.1, 0.15) is 5.69 Å². The molecule has 2 atom stereocenters. The molecule has 0 saturated carbocycles. The molecule has 26 heavy (non-hydrogen) atoms. The minimum Gasteiger partial charge on any atom is -0.337 e. The Morgan fingerprint density at radius 3 is 2.77 bits per heavy atom. The topological polar surface area (TPSA) is 53.5 Å². The van der Waals surface area contributed by atoms with Crippen molar-refractivity contribution in [2.75, 3.05) is 19.6 Å². The summed E-state index contributed by atoms with van der Waals surface area (Å²) in [6.45, 7) is 4.22. The van der Waals surface area contributed by atoms with Crippen LogP contribution in [-0.4, -0.2) is 52.3 Å². The average Bonchev–Trinajstić information content (AvgIpc) is 3.12. The lowest BCUT2D eigenvalue weighted by Crippen LogP contribution is -2.56. The van der Waals surface area contributed by atoms with Crippen LogP contribution in [0.3, 0.4) is 0 Å². The summed E-state index contributed by atoms with van der Waals surface area (Å²) in [7, 11) is 0. The second-order valence-corrected chi connectivity index (χ2v) is 8.07. The van der Waals surface area contributed by atoms with E-state index in [0.29, 0.717) is 24.7 Å². The molecule has 2 aromatic heterocycles. The maximum Gasteiger partial charge on any atom is 0.272 e. The maximum atomic E-state index is 13.0. The normalized spacial score (nSPS) is 22.8. The molecule has 0 aromatic carbocycles. The molecule has 2 aliphatic heterocycles. The first kappa shape index (κ1) is 17.2. The molecule has 2 amide bonds. The van der Waals surface area contributed by atoms with Crippen molar-refractivity contribution in [1.29, 1.82) is 0 Å². The van der Waals surface area contributed by atoms with Gasteiger partial charge in [0.2, 0.25) is 0 Å². The number of thiophene rings is 1. The lowest BCUT2D eigenvalue weighted by Gasteiger charge is -2.47. The molecule has 5 nitrogen and oxygen atoms in total. The van der Waals surface area contributed by atoms with Crippen LogP contribution in [0.5, 0.6) is 0 Å². The van der Waals surface area contributed by atoms with Gasteiger partial charge in [-0.2, -0.15) is 0 Å². The van der Waals surface area contributed by atoms with Crippen LogP contribution in [0.25, 0.3) is 0 Å². The fourth-order valence-electron chi connectivity index (χ4n) is 4.21. The van der Waals surface area contributed by atoms with E-state index in [9.17, 15) is 9.59 Å². The number of nitrogens with zero attached hydrogens (tertiary/aromatic N) is 3. The number of carbonyl (C=O) groups excluding carboxylic acids is 2. The summed E-state index contributed by atoms with van der Waals surface area (Å²) in [6, 6.07) is 7.68. The molecule has 2 saturated heterocycles. The summed E-state index contributed by atoms with van der Waals surface area (Å²) < 4.78 is 0. The zero-order valence-corrected chi connectivity index (χ0v) is 15.7. The zero-order valence-electron chi connectivity index (χ0n) is 14.9. The summed E-state index contributed by atoms with van der Waals surface area (Å²) in [5.74, 6) is 0.521. The molecule has 0 spiro atoms. The lowest BCUT2D eigenvalue weighted by atomic mass is 9.83. The number of aryl methyl sites for hydroxylation is 1. The first-order valence-electron chi connectivity index (χ1n) is 9.20. The maximum absolute atomic E-state index is 13.0. The lowest BCUT2D eigenvalue weighted by molar-refractivity contribution is 0.0198. The minimum absolute atomic E-state index is 0.00148. The number of hydrogen-bond donors (Lipinski definition) is 0. The molecule has 136 valence electrons. The van der Waals surface area contributed by atoms with E-state index in [2.05, 4.69) is 9.88 Å². The smallest absolute Gasteiger partial charge is 0.272 e. The molecule has 2 fully saturated rings. The standard InChI is InChI=1S/C20H23N3O2S/c1-14-8-12-26-18(14)20(25)23-10-4-5-15-13-22(11-7-17(15)23)19(24)16-6-2-3-9-21-16/h2-3,6,8-9,12,15,17H,4-5,7,10-11,13H2,1H3/t15-,17+/m1/s1. The predicted octanol–water partition coefficient (Wildman–Crippen LogP) is 3.22. The van der Waals surface area contributed by atoms with Crippen LogP contribution >= 0.6 is 11.3 Å². The molecule has 2 aliphatic rings. The summed E-state index contributed by atoms with van der Waals surface area (Å²) >= 11 is 1.53. The third kappa shape index (κ3) is 3.14. The van der Waals surface area contributed by atoms with E-state index in [-0.39, 0.29) is 17.9 Å². The van der Waals surface area contributed by atoms with Gasteiger partial charge in [-0.15, -0.1) is 11.3 Å². The summed E-state index contributed by atoms with van der Waals surface area (Å²) in [5.41, 5.74) is 1.56. The Balaban J connectivity index is 1.48. The summed E-state index contributed by atoms with van der Waals surface area (Å²) in [6.07, 6.45) is 4.58. The van der Waals surface area contributed by atoms with Gasteiger partial charge in [-0.3, -0.25) is 14.6 Å². The Bertz CT molecular complexity index is 804. The van der Waals surface area contributed by atoms with Crippen LogP contribution in [0.1, 0.15) is 45.0 Å². The Morgan fingerprint density at radius 2 is 2.04 bits per heavy atom. The van der Waals surface area contributed by atoms with Gasteiger partial charge in [0.05, 0.1) is 4.88 Å². The highest BCUT2D eigenvalue weighted by Crippen LogP contribution is 2.33. The van der Waals surface area contributed by atoms with Crippen LogP contribution in [0.15, 0.2) is 35.8 Å². The number of rotatable bonds is 2. The van der Waals surface area contributed by atoms with E-state index in [4.69, 9.17) is 0 Å². The van der Waals surface area contributed by atoms with E-state index >= 15 is 0 Å². The largest absolute Gasteiger partial charge is 0.337 e. The van der Waals surface area contributed by atoms with E-state index in [1.807, 2.05) is 35.4 Å². The molecular formula is C20H23N3O2S. The van der Waals surface area contributed by atoms with Gasteiger partial charge in [0.15, 0.2) is 0 Å². The number of fused-ring (bicyclic) bond motifs is 1. The minimum atomic E-state index is 0.00148. The Kier molecular flexibility index (Phi) is 4.76. The number of piperidine rings is 2. The van der Waals surface area contributed by atoms with Gasteiger partial charge in [-0.05, 0) is 61.2 Å². The highest BCUT2D eigenvalue weighted by atomic mass is 32.1. The molecule has 0 bridgehead atoms. The number of hydrogen-bond acceptors (Lipinski definition) is 4. The average molecular weight is 369 g/mol. The number of pyridine rings is 1. The van der Waals surface area contributed by atoms with Crippen LogP contribution in [-0.2, 0) is 0 Å². The summed E-state index contributed by atoms with van der Waals surface area (Å²) in [5, 5.41) is 1.98. The van der Waals surface area contributed by atoms with Crippen molar-refractivity contribution in [1.82, 2.24) is 14.8 Å². The van der Waals surface area contributed by atoms with Gasteiger partial charge < -0.3 is 9.80 Å². The third-order valence-corrected chi connectivity index (χ3v) is 6.56. The third-order valence-electron chi connectivity index (χ3n) is 5.56. The first-order chi connectivity index (χ1) is 12.6. The molecular weight excluding hydrogens is 346 g/mol. The van der Waals surface area contributed by atoms with Gasteiger partial charge in [-0.25, -0.2) is 0 Å². The second kappa shape index (κ2) is 7.19. The number of aromatic nitrogens is 1. The second-order valence-electron chi connectivity index (χ2n) is 7.16. The Morgan fingerprint density at radius 1 is 1.15 bits per heavy atom. The predicted molar refractivity (Wildman–Crippen MR) is 101 cm³/mol. The van der Waals surface area contributed by atoms with Crippen molar-refractivity contribution in [3.8, 4) is 0 Å². The molecule has 4 rings (SSSR count). The van der Waals surface area contributed by atoms with Crippen LogP contribution < -0.4 is 0 Å². The molecule has 4 heterocycles. The van der Waals surface area contributed by atoms with E-state index < -0.39 is 0 Å². The van der Waals surface area contributed by atoms with Crippen molar-refractivity contribution in [2.45, 2.75) is 32.2 Å². The van der Waals surface area contributed by atoms with Gasteiger partial charge in [0, 0.05) is 31.9 Å². The van der Waals surface area contributed by atoms with E-state index in [0.717, 1.165) is 36.2 Å². The molecule has 0 radical (unpaired) electrons. The fourth-order valence-corrected chi connectivity index (χ4v) is 5.09. The molecule has 0 aliphatic carbocycles. The first-order valence-corrected chi connectivity index (χ1v) is 10.1.